The Morgan fingerprint density at radius 2 is 1.55 bits per heavy atom. The van der Waals surface area contributed by atoms with E-state index in [1.807, 2.05) is 6.92 Å². The van der Waals surface area contributed by atoms with Gasteiger partial charge >= 0.3 is 5.97 Å². The van der Waals surface area contributed by atoms with Gasteiger partial charge in [0, 0.05) is 16.6 Å². The third-order valence-electron chi connectivity index (χ3n) is 4.56. The van der Waals surface area contributed by atoms with Crippen LogP contribution in [0.25, 0.3) is 0 Å². The summed E-state index contributed by atoms with van der Waals surface area (Å²) in [6.45, 7) is 3.68. The Kier molecular flexibility index (Phi) is 10.1. The summed E-state index contributed by atoms with van der Waals surface area (Å²) in [4.78, 5) is 12.3. The first-order chi connectivity index (χ1) is 15.4. The summed E-state index contributed by atoms with van der Waals surface area (Å²) in [5, 5.41) is 0.271. The molecule has 0 saturated carbocycles. The molecule has 2 rings (SSSR count). The fraction of sp³-hybridized carbons (Fsp3) is 0.381. The van der Waals surface area contributed by atoms with Gasteiger partial charge in [-0.2, -0.15) is 4.72 Å². The Hall–Kier alpha value is -1.69. The van der Waals surface area contributed by atoms with Crippen molar-refractivity contribution in [3.05, 3.63) is 58.1 Å². The van der Waals surface area contributed by atoms with Crippen molar-refractivity contribution in [2.45, 2.75) is 48.9 Å². The molecular formula is C21H26Cl2N2O6S2. The van der Waals surface area contributed by atoms with Crippen molar-refractivity contribution in [3.63, 3.8) is 0 Å². The quantitative estimate of drug-likeness (QED) is 0.315. The fourth-order valence-electron chi connectivity index (χ4n) is 2.89. The standard InChI is InChI=1S/C21H26Cl2N2O6S2/c1-3-31-21(26)20(25-33(29,30)19-13-16(22)12-17(23)14-19)6-4-5-11-24-32(27,28)18-9-7-15(2)8-10-18/h7-10,12-14,20,24-25H,3-6,11H2,1-2H3. The molecule has 1 unspecified atom stereocenters. The molecule has 33 heavy (non-hydrogen) atoms. The predicted molar refractivity (Wildman–Crippen MR) is 127 cm³/mol. The first-order valence-electron chi connectivity index (χ1n) is 10.2. The lowest BCUT2D eigenvalue weighted by Gasteiger charge is -2.18. The number of hydrogen-bond acceptors (Lipinski definition) is 6. The summed E-state index contributed by atoms with van der Waals surface area (Å²) in [5.74, 6) is -0.727. The zero-order valence-electron chi connectivity index (χ0n) is 18.2. The van der Waals surface area contributed by atoms with Crippen LogP contribution in [-0.4, -0.2) is 42.0 Å². The number of esters is 1. The van der Waals surface area contributed by atoms with Gasteiger partial charge in [-0.15, -0.1) is 0 Å². The van der Waals surface area contributed by atoms with Gasteiger partial charge < -0.3 is 4.74 Å². The molecule has 0 bridgehead atoms. The van der Waals surface area contributed by atoms with Crippen LogP contribution in [0.5, 0.6) is 0 Å². The summed E-state index contributed by atoms with van der Waals surface area (Å²) in [7, 11) is -7.76. The maximum atomic E-state index is 12.7. The van der Waals surface area contributed by atoms with E-state index in [2.05, 4.69) is 9.44 Å². The van der Waals surface area contributed by atoms with E-state index in [-0.39, 0.29) is 39.4 Å². The lowest BCUT2D eigenvalue weighted by Crippen LogP contribution is -2.42. The van der Waals surface area contributed by atoms with Crippen molar-refractivity contribution in [2.24, 2.45) is 0 Å². The van der Waals surface area contributed by atoms with Crippen LogP contribution in [0.1, 0.15) is 31.7 Å². The molecule has 2 aromatic carbocycles. The van der Waals surface area contributed by atoms with Gasteiger partial charge in [0.05, 0.1) is 16.4 Å². The summed E-state index contributed by atoms with van der Waals surface area (Å²) in [5.41, 5.74) is 0.946. The molecule has 12 heteroatoms. The van der Waals surface area contributed by atoms with Crippen LogP contribution in [0, 0.1) is 6.92 Å². The number of nitrogens with one attached hydrogen (secondary N) is 2. The van der Waals surface area contributed by atoms with E-state index in [1.54, 1.807) is 19.1 Å². The first kappa shape index (κ1) is 27.6. The zero-order chi connectivity index (χ0) is 24.6. The van der Waals surface area contributed by atoms with E-state index < -0.39 is 32.1 Å². The van der Waals surface area contributed by atoms with Crippen molar-refractivity contribution in [1.29, 1.82) is 0 Å². The largest absolute Gasteiger partial charge is 0.465 e. The Balaban J connectivity index is 1.98. The molecule has 0 amide bonds. The molecule has 0 saturated heterocycles. The molecule has 1 atom stereocenters. The predicted octanol–water partition coefficient (Wildman–Crippen LogP) is 3.66. The molecule has 0 radical (unpaired) electrons. The smallest absolute Gasteiger partial charge is 0.324 e. The number of carbonyl (C=O) groups excluding carboxylic acids is 1. The second kappa shape index (κ2) is 12.1. The summed E-state index contributed by atoms with van der Waals surface area (Å²) in [6, 6.07) is 9.13. The minimum atomic E-state index is -4.10. The van der Waals surface area contributed by atoms with Crippen molar-refractivity contribution >= 4 is 49.2 Å². The van der Waals surface area contributed by atoms with Gasteiger partial charge in [-0.3, -0.25) is 4.79 Å². The van der Waals surface area contributed by atoms with Gasteiger partial charge in [-0.25, -0.2) is 21.6 Å². The zero-order valence-corrected chi connectivity index (χ0v) is 21.3. The molecule has 0 aromatic heterocycles. The fourth-order valence-corrected chi connectivity index (χ4v) is 5.91. The van der Waals surface area contributed by atoms with E-state index in [4.69, 9.17) is 27.9 Å². The Bertz CT molecular complexity index is 1150. The molecule has 2 aromatic rings. The molecule has 0 aliphatic rings. The number of ether oxygens (including phenoxy) is 1. The van der Waals surface area contributed by atoms with Crippen LogP contribution in [0.4, 0.5) is 0 Å². The van der Waals surface area contributed by atoms with Gasteiger partial charge in [0.2, 0.25) is 20.0 Å². The molecule has 0 fully saturated rings. The molecule has 0 aliphatic carbocycles. The second-order valence-electron chi connectivity index (χ2n) is 7.24. The minimum absolute atomic E-state index is 0.0798. The van der Waals surface area contributed by atoms with Crippen LogP contribution < -0.4 is 9.44 Å². The lowest BCUT2D eigenvalue weighted by atomic mass is 10.1. The number of unbranched alkanes of at least 4 members (excludes halogenated alkanes) is 1. The maximum absolute atomic E-state index is 12.7. The lowest BCUT2D eigenvalue weighted by molar-refractivity contribution is -0.145. The van der Waals surface area contributed by atoms with Gasteiger partial charge in [0.15, 0.2) is 0 Å². The normalized spacial score (nSPS) is 13.0. The second-order valence-corrected chi connectivity index (χ2v) is 11.6. The Morgan fingerprint density at radius 1 is 0.939 bits per heavy atom. The van der Waals surface area contributed by atoms with Gasteiger partial charge in [0.1, 0.15) is 6.04 Å². The van der Waals surface area contributed by atoms with Gasteiger partial charge in [-0.05, 0) is 63.4 Å². The number of sulfonamides is 2. The highest BCUT2D eigenvalue weighted by atomic mass is 35.5. The molecule has 182 valence electrons. The summed E-state index contributed by atoms with van der Waals surface area (Å²) < 4.78 is 59.9. The van der Waals surface area contributed by atoms with Gasteiger partial charge in [-0.1, -0.05) is 40.9 Å². The van der Waals surface area contributed by atoms with Crippen LogP contribution in [0.3, 0.4) is 0 Å². The molecule has 2 N–H and O–H groups in total. The monoisotopic (exact) mass is 536 g/mol. The number of carbonyl (C=O) groups is 1. The summed E-state index contributed by atoms with van der Waals surface area (Å²) in [6.07, 6.45) is 0.850. The average Bonchev–Trinajstić information content (AvgIpc) is 2.72. The van der Waals surface area contributed by atoms with Crippen molar-refractivity contribution in [3.8, 4) is 0 Å². The number of hydrogen-bond donors (Lipinski definition) is 2. The average molecular weight is 537 g/mol. The van der Waals surface area contributed by atoms with Crippen LogP contribution >= 0.6 is 23.2 Å². The van der Waals surface area contributed by atoms with E-state index in [1.165, 1.54) is 30.3 Å². The van der Waals surface area contributed by atoms with Crippen molar-refractivity contribution < 1.29 is 26.4 Å². The minimum Gasteiger partial charge on any atom is -0.465 e. The highest BCUT2D eigenvalue weighted by Gasteiger charge is 2.27. The third-order valence-corrected chi connectivity index (χ3v) is 7.92. The topological polar surface area (TPSA) is 119 Å². The SMILES string of the molecule is CCOC(=O)C(CCCCNS(=O)(=O)c1ccc(C)cc1)NS(=O)(=O)c1cc(Cl)cc(Cl)c1. The molecule has 0 spiro atoms. The van der Waals surface area contributed by atoms with Crippen molar-refractivity contribution in [1.82, 2.24) is 9.44 Å². The van der Waals surface area contributed by atoms with Crippen molar-refractivity contribution in [2.75, 3.05) is 13.2 Å². The number of benzene rings is 2. The van der Waals surface area contributed by atoms with E-state index in [0.29, 0.717) is 12.8 Å². The number of aryl methyl sites for hydroxylation is 1. The summed E-state index contributed by atoms with van der Waals surface area (Å²) >= 11 is 11.8. The Morgan fingerprint density at radius 3 is 2.12 bits per heavy atom. The Labute approximate surface area is 204 Å². The number of rotatable bonds is 12. The van der Waals surface area contributed by atoms with Crippen LogP contribution in [-0.2, 0) is 29.6 Å². The molecular weight excluding hydrogens is 511 g/mol. The number of halogens is 2. The maximum Gasteiger partial charge on any atom is 0.324 e. The molecule has 0 aliphatic heterocycles. The van der Waals surface area contributed by atoms with Crippen LogP contribution in [0.2, 0.25) is 10.0 Å². The van der Waals surface area contributed by atoms with E-state index in [9.17, 15) is 21.6 Å². The highest BCUT2D eigenvalue weighted by molar-refractivity contribution is 7.89. The third kappa shape index (κ3) is 8.55. The first-order valence-corrected chi connectivity index (χ1v) is 13.9. The molecule has 8 nitrogen and oxygen atoms in total. The van der Waals surface area contributed by atoms with E-state index >= 15 is 0 Å². The highest BCUT2D eigenvalue weighted by Crippen LogP contribution is 2.23. The van der Waals surface area contributed by atoms with Crippen LogP contribution in [0.15, 0.2) is 52.3 Å². The molecule has 0 heterocycles. The van der Waals surface area contributed by atoms with Gasteiger partial charge in [0.25, 0.3) is 0 Å². The van der Waals surface area contributed by atoms with E-state index in [0.717, 1.165) is 5.56 Å².